The minimum Gasteiger partial charge on any atom is -0.381 e. The van der Waals surface area contributed by atoms with Crippen molar-refractivity contribution >= 4 is 0 Å². The second-order valence-corrected chi connectivity index (χ2v) is 5.28. The monoisotopic (exact) mass is 244 g/mol. The van der Waals surface area contributed by atoms with Crippen LogP contribution in [0.4, 0.5) is 0 Å². The lowest BCUT2D eigenvalue weighted by Crippen LogP contribution is -2.45. The summed E-state index contributed by atoms with van der Waals surface area (Å²) in [5.74, 6) is 0.633. The van der Waals surface area contributed by atoms with E-state index in [1.807, 2.05) is 0 Å². The number of morpholine rings is 1. The van der Waals surface area contributed by atoms with Crippen molar-refractivity contribution in [1.82, 2.24) is 10.2 Å². The summed E-state index contributed by atoms with van der Waals surface area (Å²) in [6, 6.07) is 0. The molecule has 1 unspecified atom stereocenters. The van der Waals surface area contributed by atoms with Crippen LogP contribution in [0.2, 0.25) is 0 Å². The Bertz CT molecular complexity index is 188. The van der Waals surface area contributed by atoms with Gasteiger partial charge < -0.3 is 19.7 Å². The second kappa shape index (κ2) is 8.86. The van der Waals surface area contributed by atoms with Gasteiger partial charge in [-0.1, -0.05) is 13.8 Å². The molecule has 0 spiro atoms. The summed E-state index contributed by atoms with van der Waals surface area (Å²) < 4.78 is 11.2. The number of hydrogen-bond donors (Lipinski definition) is 1. The first kappa shape index (κ1) is 14.9. The molecule has 0 radical (unpaired) electrons. The Kier molecular flexibility index (Phi) is 7.77. The molecule has 1 heterocycles. The zero-order valence-corrected chi connectivity index (χ0v) is 11.6. The lowest BCUT2D eigenvalue weighted by atomic mass is 10.2. The van der Waals surface area contributed by atoms with Crippen LogP contribution in [0.15, 0.2) is 0 Å². The first-order valence-electron chi connectivity index (χ1n) is 6.77. The summed E-state index contributed by atoms with van der Waals surface area (Å²) in [5, 5.41) is 3.43. The minimum absolute atomic E-state index is 0.352. The van der Waals surface area contributed by atoms with Crippen molar-refractivity contribution in [2.75, 3.05) is 53.0 Å². The Morgan fingerprint density at radius 2 is 2.29 bits per heavy atom. The molecule has 0 aromatic carbocycles. The summed E-state index contributed by atoms with van der Waals surface area (Å²) in [6.07, 6.45) is 1.43. The molecule has 1 N–H and O–H groups in total. The van der Waals surface area contributed by atoms with Gasteiger partial charge in [-0.05, 0) is 25.9 Å². The van der Waals surface area contributed by atoms with Gasteiger partial charge in [0, 0.05) is 32.8 Å². The van der Waals surface area contributed by atoms with E-state index in [4.69, 9.17) is 9.47 Å². The number of rotatable bonds is 8. The molecule has 0 bridgehead atoms. The van der Waals surface area contributed by atoms with E-state index in [1.54, 1.807) is 0 Å². The minimum atomic E-state index is 0.352. The fraction of sp³-hybridized carbons (Fsp3) is 1.00. The average Bonchev–Trinajstić information content (AvgIpc) is 2.27. The molecule has 17 heavy (non-hydrogen) atoms. The fourth-order valence-electron chi connectivity index (χ4n) is 1.87. The molecule has 102 valence electrons. The van der Waals surface area contributed by atoms with E-state index in [0.717, 1.165) is 52.4 Å². The predicted molar refractivity (Wildman–Crippen MR) is 70.4 cm³/mol. The van der Waals surface area contributed by atoms with Gasteiger partial charge >= 0.3 is 0 Å². The van der Waals surface area contributed by atoms with E-state index < -0.39 is 0 Å². The first-order chi connectivity index (χ1) is 8.18. The Hall–Kier alpha value is -0.160. The highest BCUT2D eigenvalue weighted by Gasteiger charge is 2.16. The van der Waals surface area contributed by atoms with Crippen LogP contribution in [-0.4, -0.2) is 64.1 Å². The van der Waals surface area contributed by atoms with Gasteiger partial charge in [0.1, 0.15) is 0 Å². The molecule has 1 rings (SSSR count). The summed E-state index contributed by atoms with van der Waals surface area (Å²) in [5.41, 5.74) is 0. The van der Waals surface area contributed by atoms with E-state index in [1.165, 1.54) is 0 Å². The Labute approximate surface area is 106 Å². The largest absolute Gasteiger partial charge is 0.381 e. The number of nitrogens with one attached hydrogen (secondary N) is 1. The molecule has 0 aromatic rings. The molecule has 1 aliphatic heterocycles. The molecule has 1 fully saturated rings. The summed E-state index contributed by atoms with van der Waals surface area (Å²) in [4.78, 5) is 2.32. The van der Waals surface area contributed by atoms with Crippen molar-refractivity contribution < 1.29 is 9.47 Å². The zero-order valence-electron chi connectivity index (χ0n) is 11.6. The average molecular weight is 244 g/mol. The lowest BCUT2D eigenvalue weighted by Gasteiger charge is -2.30. The molecular formula is C13H28N2O2. The fourth-order valence-corrected chi connectivity index (χ4v) is 1.87. The quantitative estimate of drug-likeness (QED) is 0.645. The van der Waals surface area contributed by atoms with E-state index in [2.05, 4.69) is 31.1 Å². The van der Waals surface area contributed by atoms with Crippen molar-refractivity contribution in [3.63, 3.8) is 0 Å². The van der Waals surface area contributed by atoms with E-state index >= 15 is 0 Å². The molecular weight excluding hydrogens is 216 g/mol. The Morgan fingerprint density at radius 1 is 1.47 bits per heavy atom. The number of likely N-dealkylation sites (N-methyl/N-ethyl adjacent to an activating group) is 1. The van der Waals surface area contributed by atoms with Crippen LogP contribution in [0.1, 0.15) is 20.3 Å². The van der Waals surface area contributed by atoms with Crippen LogP contribution in [0.3, 0.4) is 0 Å². The van der Waals surface area contributed by atoms with Gasteiger partial charge in [-0.2, -0.15) is 0 Å². The maximum Gasteiger partial charge on any atom is 0.0826 e. The van der Waals surface area contributed by atoms with Gasteiger partial charge in [0.15, 0.2) is 0 Å². The van der Waals surface area contributed by atoms with Crippen LogP contribution in [-0.2, 0) is 9.47 Å². The highest BCUT2D eigenvalue weighted by molar-refractivity contribution is 4.70. The third-order valence-electron chi connectivity index (χ3n) is 2.81. The molecule has 4 nitrogen and oxygen atoms in total. The van der Waals surface area contributed by atoms with Gasteiger partial charge in [0.05, 0.1) is 12.7 Å². The smallest absolute Gasteiger partial charge is 0.0826 e. The predicted octanol–water partition coefficient (Wildman–Crippen LogP) is 0.969. The Balaban J connectivity index is 1.86. The summed E-state index contributed by atoms with van der Waals surface area (Å²) in [7, 11) is 2.15. The molecule has 0 amide bonds. The summed E-state index contributed by atoms with van der Waals surface area (Å²) >= 11 is 0. The van der Waals surface area contributed by atoms with Gasteiger partial charge in [-0.15, -0.1) is 0 Å². The van der Waals surface area contributed by atoms with Crippen molar-refractivity contribution in [1.29, 1.82) is 0 Å². The maximum atomic E-state index is 5.67. The van der Waals surface area contributed by atoms with E-state index in [9.17, 15) is 0 Å². The third-order valence-corrected chi connectivity index (χ3v) is 2.81. The Morgan fingerprint density at radius 3 is 3.00 bits per heavy atom. The maximum absolute atomic E-state index is 5.67. The van der Waals surface area contributed by atoms with Crippen LogP contribution in [0, 0.1) is 5.92 Å². The molecule has 1 atom stereocenters. The van der Waals surface area contributed by atoms with Crippen LogP contribution in [0.5, 0.6) is 0 Å². The summed E-state index contributed by atoms with van der Waals surface area (Å²) in [6.45, 7) is 11.0. The van der Waals surface area contributed by atoms with Crippen molar-refractivity contribution in [2.24, 2.45) is 5.92 Å². The highest BCUT2D eigenvalue weighted by atomic mass is 16.5. The SMILES string of the molecule is CC(C)COCCCNCC1CN(C)CCO1. The highest BCUT2D eigenvalue weighted by Crippen LogP contribution is 2.01. The number of nitrogens with zero attached hydrogens (tertiary/aromatic N) is 1. The number of hydrogen-bond acceptors (Lipinski definition) is 4. The zero-order chi connectivity index (χ0) is 12.5. The normalized spacial score (nSPS) is 22.2. The molecule has 0 aliphatic carbocycles. The second-order valence-electron chi connectivity index (χ2n) is 5.28. The van der Waals surface area contributed by atoms with Gasteiger partial charge in [0.2, 0.25) is 0 Å². The standard InChI is InChI=1S/C13H28N2O2/c1-12(2)11-16-7-4-5-14-9-13-10-15(3)6-8-17-13/h12-14H,4-11H2,1-3H3. The van der Waals surface area contributed by atoms with E-state index in [0.29, 0.717) is 12.0 Å². The number of ether oxygens (including phenoxy) is 2. The van der Waals surface area contributed by atoms with Crippen LogP contribution >= 0.6 is 0 Å². The third kappa shape index (κ3) is 7.71. The van der Waals surface area contributed by atoms with Gasteiger partial charge in [0.25, 0.3) is 0 Å². The van der Waals surface area contributed by atoms with Crippen molar-refractivity contribution in [3.05, 3.63) is 0 Å². The molecule has 0 aromatic heterocycles. The van der Waals surface area contributed by atoms with Crippen LogP contribution < -0.4 is 5.32 Å². The molecule has 1 aliphatic rings. The molecule has 1 saturated heterocycles. The molecule has 0 saturated carbocycles. The van der Waals surface area contributed by atoms with Crippen molar-refractivity contribution in [2.45, 2.75) is 26.4 Å². The molecule has 4 heteroatoms. The van der Waals surface area contributed by atoms with Gasteiger partial charge in [-0.3, -0.25) is 0 Å². The van der Waals surface area contributed by atoms with Gasteiger partial charge in [-0.25, -0.2) is 0 Å². The van der Waals surface area contributed by atoms with E-state index in [-0.39, 0.29) is 0 Å². The van der Waals surface area contributed by atoms with Crippen molar-refractivity contribution in [3.8, 4) is 0 Å². The van der Waals surface area contributed by atoms with Crippen LogP contribution in [0.25, 0.3) is 0 Å². The lowest BCUT2D eigenvalue weighted by molar-refractivity contribution is -0.0182. The topological polar surface area (TPSA) is 33.7 Å². The first-order valence-corrected chi connectivity index (χ1v) is 6.77.